The minimum atomic E-state index is 0.0633. The Hall–Kier alpha value is -3.16. The van der Waals surface area contributed by atoms with E-state index in [2.05, 4.69) is 58.6 Å². The monoisotopic (exact) mass is 463 g/mol. The second-order valence-corrected chi connectivity index (χ2v) is 8.82. The first kappa shape index (κ1) is 23.0. The number of anilines is 1. The number of thiophene rings is 1. The molecule has 4 rings (SSSR count). The van der Waals surface area contributed by atoms with Gasteiger partial charge in [-0.05, 0) is 50.1 Å². The molecule has 0 aliphatic heterocycles. The Bertz CT molecular complexity index is 1250. The SMILES string of the molecule is CCOCc1ccccc1-c1ccc(C(C)Nc2nc(C)nc3cc(OC)c(OC)cc23)s1. The minimum Gasteiger partial charge on any atom is -0.493 e. The van der Waals surface area contributed by atoms with E-state index in [1.165, 1.54) is 20.9 Å². The third kappa shape index (κ3) is 4.94. The van der Waals surface area contributed by atoms with Gasteiger partial charge in [-0.3, -0.25) is 0 Å². The lowest BCUT2D eigenvalue weighted by molar-refractivity contribution is 0.134. The first-order valence-corrected chi connectivity index (χ1v) is 11.8. The Kier molecular flexibility index (Phi) is 7.11. The molecule has 2 aromatic heterocycles. The molecule has 7 heteroatoms. The fraction of sp³-hybridized carbons (Fsp3) is 0.308. The largest absolute Gasteiger partial charge is 0.493 e. The number of methoxy groups -OCH3 is 2. The number of rotatable bonds is 9. The summed E-state index contributed by atoms with van der Waals surface area (Å²) >= 11 is 1.78. The second-order valence-electron chi connectivity index (χ2n) is 7.71. The molecule has 0 radical (unpaired) electrons. The van der Waals surface area contributed by atoms with E-state index in [-0.39, 0.29) is 6.04 Å². The van der Waals surface area contributed by atoms with Crippen molar-refractivity contribution in [2.24, 2.45) is 0 Å². The van der Waals surface area contributed by atoms with Gasteiger partial charge in [-0.1, -0.05) is 24.3 Å². The van der Waals surface area contributed by atoms with Gasteiger partial charge in [0.15, 0.2) is 11.5 Å². The van der Waals surface area contributed by atoms with Crippen LogP contribution in [0.2, 0.25) is 0 Å². The molecule has 1 N–H and O–H groups in total. The molecule has 6 nitrogen and oxygen atoms in total. The molecule has 0 saturated carbocycles. The molecular formula is C26H29N3O3S. The zero-order valence-electron chi connectivity index (χ0n) is 19.6. The van der Waals surface area contributed by atoms with Crippen molar-refractivity contribution in [1.82, 2.24) is 9.97 Å². The van der Waals surface area contributed by atoms with E-state index in [1.807, 2.05) is 26.0 Å². The maximum absolute atomic E-state index is 5.66. The van der Waals surface area contributed by atoms with Crippen molar-refractivity contribution >= 4 is 28.1 Å². The second kappa shape index (κ2) is 10.2. The van der Waals surface area contributed by atoms with Gasteiger partial charge in [0.1, 0.15) is 11.6 Å². The smallest absolute Gasteiger partial charge is 0.162 e. The molecule has 0 spiro atoms. The maximum Gasteiger partial charge on any atom is 0.162 e. The van der Waals surface area contributed by atoms with E-state index >= 15 is 0 Å². The van der Waals surface area contributed by atoms with Crippen LogP contribution in [0, 0.1) is 6.92 Å². The van der Waals surface area contributed by atoms with Crippen LogP contribution in [0.15, 0.2) is 48.5 Å². The number of hydrogen-bond donors (Lipinski definition) is 1. The third-order valence-corrected chi connectivity index (χ3v) is 6.77. The van der Waals surface area contributed by atoms with E-state index in [9.17, 15) is 0 Å². The van der Waals surface area contributed by atoms with Crippen LogP contribution < -0.4 is 14.8 Å². The van der Waals surface area contributed by atoms with Crippen LogP contribution in [-0.4, -0.2) is 30.8 Å². The van der Waals surface area contributed by atoms with Crippen molar-refractivity contribution in [3.63, 3.8) is 0 Å². The van der Waals surface area contributed by atoms with Crippen LogP contribution in [0.3, 0.4) is 0 Å². The van der Waals surface area contributed by atoms with Crippen molar-refractivity contribution < 1.29 is 14.2 Å². The lowest BCUT2D eigenvalue weighted by Crippen LogP contribution is -2.08. The number of hydrogen-bond acceptors (Lipinski definition) is 7. The quantitative estimate of drug-likeness (QED) is 0.310. The van der Waals surface area contributed by atoms with Gasteiger partial charge in [0.25, 0.3) is 0 Å². The summed E-state index contributed by atoms with van der Waals surface area (Å²) in [5.74, 6) is 2.77. The van der Waals surface area contributed by atoms with E-state index in [1.54, 1.807) is 25.6 Å². The fourth-order valence-corrected chi connectivity index (χ4v) is 4.86. The van der Waals surface area contributed by atoms with Crippen molar-refractivity contribution in [1.29, 1.82) is 0 Å². The molecule has 0 bridgehead atoms. The lowest BCUT2D eigenvalue weighted by Gasteiger charge is -2.16. The van der Waals surface area contributed by atoms with Crippen molar-refractivity contribution in [3.05, 3.63) is 64.8 Å². The Labute approximate surface area is 198 Å². The lowest BCUT2D eigenvalue weighted by atomic mass is 10.1. The average Bonchev–Trinajstić information content (AvgIpc) is 3.32. The zero-order valence-corrected chi connectivity index (χ0v) is 20.5. The summed E-state index contributed by atoms with van der Waals surface area (Å²) in [4.78, 5) is 11.7. The third-order valence-electron chi connectivity index (χ3n) is 5.46. The summed E-state index contributed by atoms with van der Waals surface area (Å²) in [5, 5.41) is 4.48. The molecule has 1 atom stereocenters. The number of fused-ring (bicyclic) bond motifs is 1. The Morgan fingerprint density at radius 3 is 2.52 bits per heavy atom. The summed E-state index contributed by atoms with van der Waals surface area (Å²) in [6, 6.07) is 16.6. The highest BCUT2D eigenvalue weighted by Crippen LogP contribution is 2.37. The molecular weight excluding hydrogens is 434 g/mol. The predicted octanol–water partition coefficient (Wildman–Crippen LogP) is 6.39. The Balaban J connectivity index is 1.64. The van der Waals surface area contributed by atoms with Crippen molar-refractivity contribution in [2.45, 2.75) is 33.4 Å². The highest BCUT2D eigenvalue weighted by Gasteiger charge is 2.16. The number of nitrogens with zero attached hydrogens (tertiary/aromatic N) is 2. The van der Waals surface area contributed by atoms with E-state index in [0.717, 1.165) is 16.7 Å². The van der Waals surface area contributed by atoms with Crippen LogP contribution in [-0.2, 0) is 11.3 Å². The number of aryl methyl sites for hydroxylation is 1. The summed E-state index contributed by atoms with van der Waals surface area (Å²) in [6.45, 7) is 7.37. The topological polar surface area (TPSA) is 65.5 Å². The van der Waals surface area contributed by atoms with Gasteiger partial charge in [-0.25, -0.2) is 9.97 Å². The predicted molar refractivity (Wildman–Crippen MR) is 135 cm³/mol. The molecule has 4 aromatic rings. The van der Waals surface area contributed by atoms with Gasteiger partial charge in [-0.2, -0.15) is 0 Å². The fourth-order valence-electron chi connectivity index (χ4n) is 3.79. The highest BCUT2D eigenvalue weighted by molar-refractivity contribution is 7.15. The number of nitrogens with one attached hydrogen (secondary N) is 1. The van der Waals surface area contributed by atoms with Crippen LogP contribution in [0.4, 0.5) is 5.82 Å². The summed E-state index contributed by atoms with van der Waals surface area (Å²) in [7, 11) is 3.25. The summed E-state index contributed by atoms with van der Waals surface area (Å²) in [5.41, 5.74) is 3.23. The van der Waals surface area contributed by atoms with E-state index < -0.39 is 0 Å². The van der Waals surface area contributed by atoms with Gasteiger partial charge in [0.05, 0.1) is 32.4 Å². The molecule has 1 unspecified atom stereocenters. The molecule has 2 aromatic carbocycles. The molecule has 33 heavy (non-hydrogen) atoms. The van der Waals surface area contributed by atoms with Crippen LogP contribution >= 0.6 is 11.3 Å². The molecule has 0 aliphatic carbocycles. The van der Waals surface area contributed by atoms with Gasteiger partial charge in [-0.15, -0.1) is 11.3 Å². The molecule has 172 valence electrons. The summed E-state index contributed by atoms with van der Waals surface area (Å²) < 4.78 is 16.6. The minimum absolute atomic E-state index is 0.0633. The standard InChI is InChI=1S/C26H29N3O3S/c1-6-32-15-18-9-7-8-10-19(18)25-12-11-24(33-25)16(2)27-26-20-13-22(30-4)23(31-5)14-21(20)28-17(3)29-26/h7-14,16H,6,15H2,1-5H3,(H,27,28,29). The summed E-state index contributed by atoms with van der Waals surface area (Å²) in [6.07, 6.45) is 0. The van der Waals surface area contributed by atoms with Crippen LogP contribution in [0.25, 0.3) is 21.3 Å². The Morgan fingerprint density at radius 2 is 1.76 bits per heavy atom. The maximum atomic E-state index is 5.66. The first-order valence-electron chi connectivity index (χ1n) is 11.0. The van der Waals surface area contributed by atoms with Gasteiger partial charge < -0.3 is 19.5 Å². The van der Waals surface area contributed by atoms with E-state index in [4.69, 9.17) is 14.2 Å². The van der Waals surface area contributed by atoms with Gasteiger partial charge >= 0.3 is 0 Å². The normalized spacial score (nSPS) is 12.0. The first-order chi connectivity index (χ1) is 16.0. The molecule has 0 aliphatic rings. The van der Waals surface area contributed by atoms with Gasteiger partial charge in [0.2, 0.25) is 0 Å². The number of aromatic nitrogens is 2. The average molecular weight is 464 g/mol. The van der Waals surface area contributed by atoms with Crippen LogP contribution in [0.1, 0.15) is 36.2 Å². The number of ether oxygens (including phenoxy) is 3. The Morgan fingerprint density at radius 1 is 1.00 bits per heavy atom. The number of benzene rings is 2. The van der Waals surface area contributed by atoms with Crippen LogP contribution in [0.5, 0.6) is 11.5 Å². The van der Waals surface area contributed by atoms with Gasteiger partial charge in [0, 0.05) is 27.8 Å². The molecule has 0 amide bonds. The zero-order chi connectivity index (χ0) is 23.4. The molecule has 0 fully saturated rings. The van der Waals surface area contributed by atoms with Crippen molar-refractivity contribution in [3.8, 4) is 21.9 Å². The highest BCUT2D eigenvalue weighted by atomic mass is 32.1. The molecule has 0 saturated heterocycles. The molecule has 2 heterocycles. The van der Waals surface area contributed by atoms with E-state index in [0.29, 0.717) is 30.5 Å². The van der Waals surface area contributed by atoms with Crippen molar-refractivity contribution in [2.75, 3.05) is 26.1 Å².